The first-order valence-electron chi connectivity index (χ1n) is 8.08. The first-order valence-corrected chi connectivity index (χ1v) is 8.08. The van der Waals surface area contributed by atoms with Crippen LogP contribution < -0.4 is 4.74 Å². The maximum atomic E-state index is 11.4. The van der Waals surface area contributed by atoms with E-state index in [1.807, 2.05) is 13.8 Å². The van der Waals surface area contributed by atoms with Gasteiger partial charge in [0.05, 0.1) is 17.0 Å². The number of methoxy groups -OCH3 is 1. The highest BCUT2D eigenvalue weighted by Gasteiger charge is 2.32. The molecule has 0 saturated carbocycles. The van der Waals surface area contributed by atoms with Crippen LogP contribution in [0.25, 0.3) is 0 Å². The highest BCUT2D eigenvalue weighted by Crippen LogP contribution is 2.41. The van der Waals surface area contributed by atoms with Gasteiger partial charge in [-0.05, 0) is 24.3 Å². The fourth-order valence-electron chi connectivity index (χ4n) is 2.63. The summed E-state index contributed by atoms with van der Waals surface area (Å²) in [6.45, 7) is 4.01. The molecule has 9 nitrogen and oxygen atoms in total. The molecule has 0 saturated heterocycles. The zero-order chi connectivity index (χ0) is 19.0. The molecule has 0 aliphatic rings. The number of unbranched alkanes of at least 4 members (excludes halogenated alkanes) is 1. The van der Waals surface area contributed by atoms with Gasteiger partial charge in [0.1, 0.15) is 0 Å². The summed E-state index contributed by atoms with van der Waals surface area (Å²) in [5, 5.41) is 22.7. The number of nitrogens with zero attached hydrogens (tertiary/aromatic N) is 2. The second-order valence-electron chi connectivity index (χ2n) is 5.59. The molecule has 138 valence electrons. The van der Waals surface area contributed by atoms with E-state index >= 15 is 0 Å². The molecular formula is C16H22N2O7. The van der Waals surface area contributed by atoms with Gasteiger partial charge in [-0.1, -0.05) is 33.1 Å². The number of hydrogen-bond donors (Lipinski definition) is 0. The number of benzene rings is 1. The van der Waals surface area contributed by atoms with E-state index in [0.717, 1.165) is 39.2 Å². The van der Waals surface area contributed by atoms with E-state index in [2.05, 4.69) is 9.47 Å². The maximum Gasteiger partial charge on any atom is 0.514 e. The lowest BCUT2D eigenvalue weighted by molar-refractivity contribution is -0.395. The van der Waals surface area contributed by atoms with Gasteiger partial charge < -0.3 is 9.47 Å². The molecule has 0 aliphatic heterocycles. The Morgan fingerprint density at radius 1 is 1.08 bits per heavy atom. The Kier molecular flexibility index (Phi) is 7.77. The number of ether oxygens (including phenoxy) is 2. The van der Waals surface area contributed by atoms with Crippen molar-refractivity contribution in [3.05, 3.63) is 37.9 Å². The van der Waals surface area contributed by atoms with Crippen LogP contribution in [0.3, 0.4) is 0 Å². The minimum atomic E-state index is -1.25. The molecule has 0 heterocycles. The van der Waals surface area contributed by atoms with Crippen LogP contribution in [0.2, 0.25) is 0 Å². The van der Waals surface area contributed by atoms with E-state index in [1.165, 1.54) is 12.1 Å². The monoisotopic (exact) mass is 354 g/mol. The molecule has 1 atom stereocenters. The molecule has 0 N–H and O–H groups in total. The van der Waals surface area contributed by atoms with E-state index < -0.39 is 33.1 Å². The molecule has 0 fully saturated rings. The van der Waals surface area contributed by atoms with Gasteiger partial charge in [-0.25, -0.2) is 4.79 Å². The Hall–Kier alpha value is -2.71. The molecule has 1 unspecified atom stereocenters. The number of nitro groups is 2. The molecular weight excluding hydrogens is 332 g/mol. The van der Waals surface area contributed by atoms with Gasteiger partial charge in [0.15, 0.2) is 0 Å². The Bertz CT molecular complexity index is 610. The van der Waals surface area contributed by atoms with Gasteiger partial charge in [0.2, 0.25) is 0 Å². The fraction of sp³-hybridized carbons (Fsp3) is 0.562. The van der Waals surface area contributed by atoms with Crippen LogP contribution in [0, 0.1) is 20.2 Å². The van der Waals surface area contributed by atoms with Gasteiger partial charge in [-0.3, -0.25) is 20.2 Å². The summed E-state index contributed by atoms with van der Waals surface area (Å²) in [7, 11) is 1.01. The van der Waals surface area contributed by atoms with E-state index in [9.17, 15) is 25.0 Å². The van der Waals surface area contributed by atoms with Crippen molar-refractivity contribution in [2.24, 2.45) is 0 Å². The van der Waals surface area contributed by atoms with Crippen molar-refractivity contribution >= 4 is 17.5 Å². The molecule has 0 bridgehead atoms. The number of nitro benzene ring substituents is 2. The Morgan fingerprint density at radius 2 is 1.64 bits per heavy atom. The second kappa shape index (κ2) is 9.55. The maximum absolute atomic E-state index is 11.4. The van der Waals surface area contributed by atoms with Gasteiger partial charge in [-0.15, -0.1) is 0 Å². The predicted molar refractivity (Wildman–Crippen MR) is 90.0 cm³/mol. The summed E-state index contributed by atoms with van der Waals surface area (Å²) >= 11 is 0. The lowest BCUT2D eigenvalue weighted by atomic mass is 9.89. The fourth-order valence-corrected chi connectivity index (χ4v) is 2.63. The third-order valence-electron chi connectivity index (χ3n) is 3.83. The standard InChI is InChI=1S/C16H22N2O7/c1-4-6-8-11(7-5-2)12-9-13(17(20)21)15(25-16(19)24-3)14(10-12)18(22)23/h9-11H,4-8H2,1-3H3. The molecule has 0 radical (unpaired) electrons. The van der Waals surface area contributed by atoms with E-state index in [4.69, 9.17) is 0 Å². The Balaban J connectivity index is 3.48. The van der Waals surface area contributed by atoms with Crippen LogP contribution in [0.1, 0.15) is 57.4 Å². The molecule has 1 aromatic carbocycles. The lowest BCUT2D eigenvalue weighted by Crippen LogP contribution is -2.11. The summed E-state index contributed by atoms with van der Waals surface area (Å²) in [5.74, 6) is -0.745. The first-order chi connectivity index (χ1) is 11.8. The lowest BCUT2D eigenvalue weighted by Gasteiger charge is -2.17. The van der Waals surface area contributed by atoms with Crippen molar-refractivity contribution in [2.45, 2.75) is 51.9 Å². The van der Waals surface area contributed by atoms with Gasteiger partial charge >= 0.3 is 17.5 Å². The van der Waals surface area contributed by atoms with Gasteiger partial charge in [0.25, 0.3) is 5.75 Å². The summed E-state index contributed by atoms with van der Waals surface area (Å²) in [6.07, 6.45) is 2.98. The highest BCUT2D eigenvalue weighted by molar-refractivity contribution is 5.71. The second-order valence-corrected chi connectivity index (χ2v) is 5.59. The van der Waals surface area contributed by atoms with Crippen LogP contribution in [0.4, 0.5) is 16.2 Å². The quantitative estimate of drug-likeness (QED) is 0.272. The van der Waals surface area contributed by atoms with Crippen molar-refractivity contribution in [3.8, 4) is 5.75 Å². The van der Waals surface area contributed by atoms with Crippen molar-refractivity contribution in [2.75, 3.05) is 7.11 Å². The minimum Gasteiger partial charge on any atom is -0.437 e. The van der Waals surface area contributed by atoms with Crippen LogP contribution in [0.5, 0.6) is 5.75 Å². The van der Waals surface area contributed by atoms with Crippen LogP contribution >= 0.6 is 0 Å². The van der Waals surface area contributed by atoms with Gasteiger partial charge in [-0.2, -0.15) is 0 Å². The summed E-state index contributed by atoms with van der Waals surface area (Å²) in [6, 6.07) is 2.50. The van der Waals surface area contributed by atoms with E-state index in [0.29, 0.717) is 5.56 Å². The molecule has 0 spiro atoms. The third-order valence-corrected chi connectivity index (χ3v) is 3.83. The zero-order valence-corrected chi connectivity index (χ0v) is 14.5. The van der Waals surface area contributed by atoms with Crippen LogP contribution in [0.15, 0.2) is 12.1 Å². The molecule has 0 aromatic heterocycles. The number of rotatable bonds is 9. The van der Waals surface area contributed by atoms with Gasteiger partial charge in [0, 0.05) is 12.1 Å². The largest absolute Gasteiger partial charge is 0.514 e. The highest BCUT2D eigenvalue weighted by atomic mass is 16.7. The van der Waals surface area contributed by atoms with E-state index in [1.54, 1.807) is 0 Å². The zero-order valence-electron chi connectivity index (χ0n) is 14.5. The molecule has 9 heteroatoms. The van der Waals surface area contributed by atoms with E-state index in [-0.39, 0.29) is 5.92 Å². The molecule has 1 rings (SSSR count). The van der Waals surface area contributed by atoms with Crippen molar-refractivity contribution in [3.63, 3.8) is 0 Å². The van der Waals surface area contributed by atoms with Crippen molar-refractivity contribution in [1.82, 2.24) is 0 Å². The number of carbonyl (C=O) groups excluding carboxylic acids is 1. The third kappa shape index (κ3) is 5.40. The topological polar surface area (TPSA) is 122 Å². The minimum absolute atomic E-state index is 0.0328. The van der Waals surface area contributed by atoms with Crippen molar-refractivity contribution in [1.29, 1.82) is 0 Å². The normalized spacial score (nSPS) is 11.6. The SMILES string of the molecule is CCCCC(CCC)c1cc([N+](=O)[O-])c(OC(=O)OC)c([N+](=O)[O-])c1. The Morgan fingerprint density at radius 3 is 2.04 bits per heavy atom. The summed E-state index contributed by atoms with van der Waals surface area (Å²) in [5.41, 5.74) is -0.731. The Labute approximate surface area is 145 Å². The predicted octanol–water partition coefficient (Wildman–Crippen LogP) is 4.72. The summed E-state index contributed by atoms with van der Waals surface area (Å²) < 4.78 is 8.97. The average molecular weight is 354 g/mol. The molecule has 0 aliphatic carbocycles. The molecule has 0 amide bonds. The summed E-state index contributed by atoms with van der Waals surface area (Å²) in [4.78, 5) is 32.4. The number of carbonyl (C=O) groups is 1. The number of hydrogen-bond acceptors (Lipinski definition) is 7. The molecule has 1 aromatic rings. The first kappa shape index (κ1) is 20.3. The average Bonchev–Trinajstić information content (AvgIpc) is 2.58. The van der Waals surface area contributed by atoms with Crippen molar-refractivity contribution < 1.29 is 24.1 Å². The van der Waals surface area contributed by atoms with Crippen LogP contribution in [-0.2, 0) is 4.74 Å². The smallest absolute Gasteiger partial charge is 0.437 e. The van der Waals surface area contributed by atoms with Crippen LogP contribution in [-0.4, -0.2) is 23.1 Å². The molecule has 25 heavy (non-hydrogen) atoms.